The van der Waals surface area contributed by atoms with Crippen LogP contribution in [0, 0.1) is 11.7 Å². The van der Waals surface area contributed by atoms with E-state index in [1.807, 2.05) is 16.4 Å². The van der Waals surface area contributed by atoms with Gasteiger partial charge in [0.15, 0.2) is 11.6 Å². The van der Waals surface area contributed by atoms with E-state index in [2.05, 4.69) is 4.37 Å². The van der Waals surface area contributed by atoms with Crippen molar-refractivity contribution in [2.75, 3.05) is 25.1 Å². The van der Waals surface area contributed by atoms with Crippen molar-refractivity contribution in [2.24, 2.45) is 11.7 Å². The Morgan fingerprint density at radius 2 is 2.10 bits per heavy atom. The van der Waals surface area contributed by atoms with Gasteiger partial charge >= 0.3 is 0 Å². The van der Waals surface area contributed by atoms with E-state index >= 15 is 4.39 Å². The average Bonchev–Trinajstić information content (AvgIpc) is 3.26. The number of H-pyrrole nitrogens is 1. The molecule has 2 aromatic heterocycles. The molecule has 1 aromatic carbocycles. The predicted molar refractivity (Wildman–Crippen MR) is 113 cm³/mol. The van der Waals surface area contributed by atoms with E-state index in [9.17, 15) is 9.59 Å². The van der Waals surface area contributed by atoms with Crippen LogP contribution in [0.2, 0.25) is 0 Å². The number of fused-ring (bicyclic) bond motifs is 2. The molecule has 1 saturated carbocycles. The first-order valence-electron chi connectivity index (χ1n) is 9.88. The van der Waals surface area contributed by atoms with Gasteiger partial charge in [0.05, 0.1) is 18.0 Å². The number of nitrogens with one attached hydrogen (secondary N) is 1. The number of aromatic nitrogens is 2. The third-order valence-corrected chi connectivity index (χ3v) is 7.08. The molecule has 9 heteroatoms. The van der Waals surface area contributed by atoms with Crippen LogP contribution in [0.15, 0.2) is 15.7 Å². The van der Waals surface area contributed by atoms with Crippen molar-refractivity contribution >= 4 is 38.3 Å². The number of ether oxygens (including phenoxy) is 1. The zero-order chi connectivity index (χ0) is 20.4. The molecule has 3 heterocycles. The number of nitrogens with two attached hydrogens (primary N) is 1. The normalized spacial score (nSPS) is 20.7. The molecule has 0 radical (unpaired) electrons. The summed E-state index contributed by atoms with van der Waals surface area (Å²) in [6.45, 7) is 3.29. The Labute approximate surface area is 170 Å². The number of aromatic amines is 1. The Bertz CT molecular complexity index is 1240. The summed E-state index contributed by atoms with van der Waals surface area (Å²) in [5, 5.41) is 0.288. The van der Waals surface area contributed by atoms with Crippen LogP contribution in [-0.2, 0) is 0 Å². The van der Waals surface area contributed by atoms with E-state index in [-0.39, 0.29) is 28.8 Å². The van der Waals surface area contributed by atoms with Gasteiger partial charge in [-0.15, -0.1) is 0 Å². The third-order valence-electron chi connectivity index (χ3n) is 6.20. The molecule has 1 aliphatic carbocycles. The van der Waals surface area contributed by atoms with Crippen molar-refractivity contribution < 1.29 is 9.13 Å². The Morgan fingerprint density at radius 1 is 1.34 bits per heavy atom. The maximum Gasteiger partial charge on any atom is 0.271 e. The number of hydrogen-bond acceptors (Lipinski definition) is 6. The molecule has 2 fully saturated rings. The van der Waals surface area contributed by atoms with Crippen molar-refractivity contribution in [3.05, 3.63) is 32.5 Å². The molecule has 1 unspecified atom stereocenters. The SMILES string of the molecule is COc1c(N2CCC([C@@H](C)N)C2)c(F)cc2c(=O)c3c(=O)[nH]sc3n(C3CC3)c12. The first-order valence-corrected chi connectivity index (χ1v) is 10.7. The Morgan fingerprint density at radius 3 is 2.72 bits per heavy atom. The molecular weight excluding hydrogens is 395 g/mol. The quantitative estimate of drug-likeness (QED) is 0.679. The highest BCUT2D eigenvalue weighted by Gasteiger charge is 2.34. The fourth-order valence-electron chi connectivity index (χ4n) is 4.51. The van der Waals surface area contributed by atoms with Crippen molar-refractivity contribution in [1.29, 1.82) is 0 Å². The monoisotopic (exact) mass is 418 g/mol. The molecule has 154 valence electrons. The van der Waals surface area contributed by atoms with E-state index in [0.29, 0.717) is 34.9 Å². The van der Waals surface area contributed by atoms with Crippen LogP contribution in [0.1, 0.15) is 32.2 Å². The number of halogens is 1. The minimum atomic E-state index is -0.509. The molecule has 1 saturated heterocycles. The number of pyridine rings is 1. The molecular formula is C20H23FN4O3S. The van der Waals surface area contributed by atoms with Crippen molar-refractivity contribution in [3.63, 3.8) is 0 Å². The van der Waals surface area contributed by atoms with Gasteiger partial charge in [-0.05, 0) is 49.7 Å². The molecule has 7 nitrogen and oxygen atoms in total. The lowest BCUT2D eigenvalue weighted by molar-refractivity contribution is 0.413. The molecule has 2 atom stereocenters. The minimum absolute atomic E-state index is 0.0240. The van der Waals surface area contributed by atoms with E-state index in [4.69, 9.17) is 10.5 Å². The van der Waals surface area contributed by atoms with Crippen molar-refractivity contribution in [3.8, 4) is 5.75 Å². The van der Waals surface area contributed by atoms with E-state index < -0.39 is 16.8 Å². The summed E-state index contributed by atoms with van der Waals surface area (Å²) in [5.74, 6) is 0.125. The second-order valence-corrected chi connectivity index (χ2v) is 8.93. The molecule has 29 heavy (non-hydrogen) atoms. The van der Waals surface area contributed by atoms with Crippen LogP contribution in [0.25, 0.3) is 21.1 Å². The van der Waals surface area contributed by atoms with Crippen LogP contribution in [0.5, 0.6) is 5.75 Å². The Kier molecular flexibility index (Phi) is 4.22. The minimum Gasteiger partial charge on any atom is -0.492 e. The van der Waals surface area contributed by atoms with Gasteiger partial charge in [0.2, 0.25) is 5.43 Å². The highest BCUT2D eigenvalue weighted by atomic mass is 32.1. The van der Waals surface area contributed by atoms with Crippen molar-refractivity contribution in [2.45, 2.75) is 38.3 Å². The van der Waals surface area contributed by atoms with E-state index in [1.165, 1.54) is 13.2 Å². The topological polar surface area (TPSA) is 93.3 Å². The third kappa shape index (κ3) is 2.71. The zero-order valence-corrected chi connectivity index (χ0v) is 17.1. The predicted octanol–water partition coefficient (Wildman–Crippen LogP) is 2.56. The van der Waals surface area contributed by atoms with Gasteiger partial charge in [0.1, 0.15) is 15.9 Å². The van der Waals surface area contributed by atoms with E-state index in [0.717, 1.165) is 30.8 Å². The molecule has 2 aliphatic rings. The largest absolute Gasteiger partial charge is 0.492 e. The molecule has 3 aromatic rings. The number of nitrogens with zero attached hydrogens (tertiary/aromatic N) is 2. The lowest BCUT2D eigenvalue weighted by atomic mass is 10.0. The molecule has 5 rings (SSSR count). The van der Waals surface area contributed by atoms with E-state index in [1.54, 1.807) is 0 Å². The van der Waals surface area contributed by atoms with Crippen LogP contribution in [0.3, 0.4) is 0 Å². The fourth-order valence-corrected chi connectivity index (χ4v) is 5.42. The summed E-state index contributed by atoms with van der Waals surface area (Å²) >= 11 is 1.15. The van der Waals surface area contributed by atoms with Gasteiger partial charge in [-0.1, -0.05) is 0 Å². The zero-order valence-electron chi connectivity index (χ0n) is 16.3. The van der Waals surface area contributed by atoms with Crippen LogP contribution < -0.4 is 26.4 Å². The first kappa shape index (κ1) is 18.6. The number of rotatable bonds is 4. The number of methoxy groups -OCH3 is 1. The maximum absolute atomic E-state index is 15.3. The number of benzene rings is 1. The van der Waals surface area contributed by atoms with Crippen LogP contribution in [-0.4, -0.2) is 35.2 Å². The van der Waals surface area contributed by atoms with Gasteiger partial charge in [0.25, 0.3) is 5.56 Å². The summed E-state index contributed by atoms with van der Waals surface area (Å²) in [7, 11) is 1.50. The summed E-state index contributed by atoms with van der Waals surface area (Å²) in [6.07, 6.45) is 2.78. The fraction of sp³-hybridized carbons (Fsp3) is 0.500. The Hall–Kier alpha value is -2.39. The molecule has 0 bridgehead atoms. The van der Waals surface area contributed by atoms with Crippen LogP contribution >= 0.6 is 11.5 Å². The smallest absolute Gasteiger partial charge is 0.271 e. The molecule has 0 amide bonds. The first-order chi connectivity index (χ1) is 13.9. The molecule has 3 N–H and O–H groups in total. The van der Waals surface area contributed by atoms with Gasteiger partial charge in [-0.25, -0.2) is 4.39 Å². The standard InChI is InChI=1S/C20H23FN4O3S/c1-9(22)10-5-6-24(8-10)16-13(21)7-12-15(18(16)28-2)25(11-3-4-11)20-14(17(12)26)19(27)23-29-20/h7,9-11H,3-6,8,22H2,1-2H3,(H,23,27)/t9-,10?/m1/s1. The highest BCUT2D eigenvalue weighted by Crippen LogP contribution is 2.46. The summed E-state index contributed by atoms with van der Waals surface area (Å²) in [5.41, 5.74) is 6.14. The summed E-state index contributed by atoms with van der Waals surface area (Å²) in [4.78, 5) is 27.9. The summed E-state index contributed by atoms with van der Waals surface area (Å²) < 4.78 is 25.7. The van der Waals surface area contributed by atoms with Gasteiger partial charge < -0.3 is 19.9 Å². The second-order valence-electron chi connectivity index (χ2n) is 8.13. The molecule has 0 spiro atoms. The lowest BCUT2D eigenvalue weighted by Crippen LogP contribution is -2.30. The average molecular weight is 418 g/mol. The number of hydrogen-bond donors (Lipinski definition) is 2. The Balaban J connectivity index is 1.84. The van der Waals surface area contributed by atoms with Gasteiger partial charge in [-0.2, -0.15) is 0 Å². The molecule has 1 aliphatic heterocycles. The van der Waals surface area contributed by atoms with Gasteiger partial charge in [0, 0.05) is 25.2 Å². The maximum atomic E-state index is 15.3. The van der Waals surface area contributed by atoms with Gasteiger partial charge in [-0.3, -0.25) is 14.0 Å². The number of anilines is 1. The highest BCUT2D eigenvalue weighted by molar-refractivity contribution is 7.12. The summed E-state index contributed by atoms with van der Waals surface area (Å²) in [6, 6.07) is 1.47. The van der Waals surface area contributed by atoms with Crippen LogP contribution in [0.4, 0.5) is 10.1 Å². The van der Waals surface area contributed by atoms with Crippen molar-refractivity contribution in [1.82, 2.24) is 8.94 Å². The lowest BCUT2D eigenvalue weighted by Gasteiger charge is -2.25. The second kappa shape index (κ2) is 6.56.